The fourth-order valence-corrected chi connectivity index (χ4v) is 4.75. The molecule has 0 aliphatic heterocycles. The van der Waals surface area contributed by atoms with E-state index in [2.05, 4.69) is 51.7 Å². The third-order valence-electron chi connectivity index (χ3n) is 6.45. The number of benzene rings is 2. The van der Waals surface area contributed by atoms with Gasteiger partial charge in [-0.2, -0.15) is 10.2 Å². The van der Waals surface area contributed by atoms with Gasteiger partial charge in [-0.05, 0) is 62.6 Å². The fourth-order valence-electron chi connectivity index (χ4n) is 4.52. The lowest BCUT2D eigenvalue weighted by Gasteiger charge is -2.09. The van der Waals surface area contributed by atoms with Crippen molar-refractivity contribution < 1.29 is 9.18 Å². The molecule has 5 rings (SSSR count). The van der Waals surface area contributed by atoms with Gasteiger partial charge in [0, 0.05) is 16.6 Å². The van der Waals surface area contributed by atoms with Crippen LogP contribution in [0.25, 0.3) is 22.2 Å². The van der Waals surface area contributed by atoms with Crippen LogP contribution in [0.3, 0.4) is 0 Å². The zero-order valence-electron chi connectivity index (χ0n) is 21.0. The fraction of sp³-hybridized carbons (Fsp3) is 0.214. The first-order valence-corrected chi connectivity index (χ1v) is 12.3. The molecule has 0 fully saturated rings. The van der Waals surface area contributed by atoms with E-state index in [1.807, 2.05) is 26.8 Å². The van der Waals surface area contributed by atoms with E-state index < -0.39 is 5.82 Å². The molecule has 0 aliphatic rings. The lowest BCUT2D eigenvalue weighted by Crippen LogP contribution is -2.20. The monoisotopic (exact) mass is 516 g/mol. The summed E-state index contributed by atoms with van der Waals surface area (Å²) in [6.07, 6.45) is 1.74. The predicted octanol–water partition coefficient (Wildman–Crippen LogP) is 6.01. The van der Waals surface area contributed by atoms with Crippen LogP contribution in [-0.2, 0) is 17.9 Å². The first-order valence-electron chi connectivity index (χ1n) is 11.9. The second-order valence-electron chi connectivity index (χ2n) is 9.15. The minimum Gasteiger partial charge on any atom is -0.321 e. The highest BCUT2D eigenvalue weighted by Crippen LogP contribution is 2.30. The van der Waals surface area contributed by atoms with Crippen LogP contribution in [0.15, 0.2) is 54.7 Å². The van der Waals surface area contributed by atoms with Gasteiger partial charge in [-0.1, -0.05) is 47.5 Å². The van der Waals surface area contributed by atoms with Crippen molar-refractivity contribution >= 4 is 34.2 Å². The van der Waals surface area contributed by atoms with E-state index >= 15 is 0 Å². The zero-order chi connectivity index (χ0) is 26.3. The highest BCUT2D eigenvalue weighted by atomic mass is 35.5. The van der Waals surface area contributed by atoms with E-state index in [0.29, 0.717) is 28.6 Å². The van der Waals surface area contributed by atoms with Gasteiger partial charge in [0.1, 0.15) is 12.4 Å². The van der Waals surface area contributed by atoms with E-state index in [1.54, 1.807) is 21.6 Å². The smallest absolute Gasteiger partial charge is 0.246 e. The minimum atomic E-state index is -0.392. The molecule has 1 amide bonds. The normalized spacial score (nSPS) is 11.3. The molecule has 188 valence electrons. The topological polar surface area (TPSA) is 77.6 Å². The van der Waals surface area contributed by atoms with Crippen molar-refractivity contribution in [1.29, 1.82) is 0 Å². The largest absolute Gasteiger partial charge is 0.321 e. The summed E-state index contributed by atoms with van der Waals surface area (Å²) in [5, 5.41) is 13.4. The van der Waals surface area contributed by atoms with Gasteiger partial charge in [-0.25, -0.2) is 14.1 Å². The average molecular weight is 517 g/mol. The summed E-state index contributed by atoms with van der Waals surface area (Å²) < 4.78 is 16.8. The molecule has 3 heterocycles. The first-order chi connectivity index (χ1) is 17.7. The number of carbonyl (C=O) groups excluding carboxylic acids is 1. The number of amides is 1. The molecule has 0 radical (unpaired) electrons. The lowest BCUT2D eigenvalue weighted by molar-refractivity contribution is -0.116. The van der Waals surface area contributed by atoms with Crippen LogP contribution in [-0.4, -0.2) is 30.5 Å². The molecule has 3 aromatic heterocycles. The highest BCUT2D eigenvalue weighted by molar-refractivity contribution is 6.31. The molecule has 2 aromatic carbocycles. The zero-order valence-corrected chi connectivity index (χ0v) is 21.8. The Bertz CT molecular complexity index is 1640. The molecule has 7 nitrogen and oxygen atoms in total. The van der Waals surface area contributed by atoms with Gasteiger partial charge in [0.2, 0.25) is 5.91 Å². The second kappa shape index (κ2) is 9.78. The van der Waals surface area contributed by atoms with E-state index in [4.69, 9.17) is 11.6 Å². The Balaban J connectivity index is 1.38. The number of carbonyl (C=O) groups is 1. The molecule has 0 bridgehead atoms. The van der Waals surface area contributed by atoms with Crippen molar-refractivity contribution in [2.75, 3.05) is 5.32 Å². The quantitative estimate of drug-likeness (QED) is 0.300. The average Bonchev–Trinajstić information content (AvgIpc) is 3.31. The van der Waals surface area contributed by atoms with Gasteiger partial charge in [0.05, 0.1) is 29.3 Å². The molecule has 37 heavy (non-hydrogen) atoms. The minimum absolute atomic E-state index is 0.00252. The van der Waals surface area contributed by atoms with Crippen LogP contribution in [0, 0.1) is 33.5 Å². The lowest BCUT2D eigenvalue weighted by atomic mass is 10.0. The van der Waals surface area contributed by atoms with E-state index in [0.717, 1.165) is 33.5 Å². The summed E-state index contributed by atoms with van der Waals surface area (Å²) in [6.45, 7) is 8.04. The van der Waals surface area contributed by atoms with E-state index in [-0.39, 0.29) is 12.5 Å². The summed E-state index contributed by atoms with van der Waals surface area (Å²) in [5.41, 5.74) is 7.56. The number of rotatable bonds is 6. The maximum absolute atomic E-state index is 13.4. The molecule has 0 saturated heterocycles. The Labute approximate surface area is 218 Å². The number of nitrogens with one attached hydrogen (secondary N) is 1. The number of nitrogens with zero attached hydrogens (tertiary/aromatic N) is 5. The third kappa shape index (κ3) is 4.84. The van der Waals surface area contributed by atoms with Gasteiger partial charge < -0.3 is 5.32 Å². The molecule has 0 atom stereocenters. The first kappa shape index (κ1) is 24.6. The van der Waals surface area contributed by atoms with Gasteiger partial charge in [0.25, 0.3) is 0 Å². The van der Waals surface area contributed by atoms with Crippen LogP contribution < -0.4 is 5.32 Å². The molecular formula is C28H26ClFN6O. The predicted molar refractivity (Wildman–Crippen MR) is 143 cm³/mol. The van der Waals surface area contributed by atoms with E-state index in [1.165, 1.54) is 17.7 Å². The number of hydrogen-bond acceptors (Lipinski definition) is 4. The maximum atomic E-state index is 13.4. The van der Waals surface area contributed by atoms with Crippen molar-refractivity contribution in [2.45, 2.75) is 40.8 Å². The summed E-state index contributed by atoms with van der Waals surface area (Å²) in [5.74, 6) is -0.630. The van der Waals surface area contributed by atoms with Crippen molar-refractivity contribution in [2.24, 2.45) is 0 Å². The van der Waals surface area contributed by atoms with Crippen molar-refractivity contribution in [3.05, 3.63) is 93.8 Å². The van der Waals surface area contributed by atoms with Crippen molar-refractivity contribution in [3.63, 3.8) is 0 Å². The second-order valence-corrected chi connectivity index (χ2v) is 9.56. The number of aryl methyl sites for hydroxylation is 3. The molecule has 0 aliphatic carbocycles. The third-order valence-corrected chi connectivity index (χ3v) is 6.80. The summed E-state index contributed by atoms with van der Waals surface area (Å²) in [6, 6.07) is 14.6. The Kier molecular flexibility index (Phi) is 6.52. The summed E-state index contributed by atoms with van der Waals surface area (Å²) in [4.78, 5) is 17.6. The SMILES string of the molecule is Cc1ccc(-c2ccnc3c2c(C)nn3CC(=O)Nc2c(C)nn(Cc3ccc(F)cc3Cl)c2C)cc1. The van der Waals surface area contributed by atoms with Gasteiger partial charge in [-0.3, -0.25) is 9.48 Å². The van der Waals surface area contributed by atoms with Gasteiger partial charge in [0.15, 0.2) is 5.65 Å². The molecule has 5 aromatic rings. The molecule has 9 heteroatoms. The highest BCUT2D eigenvalue weighted by Gasteiger charge is 2.19. The van der Waals surface area contributed by atoms with Crippen LogP contribution in [0.1, 0.15) is 28.2 Å². The Morgan fingerprint density at radius 3 is 2.43 bits per heavy atom. The number of hydrogen-bond donors (Lipinski definition) is 1. The Morgan fingerprint density at radius 2 is 1.70 bits per heavy atom. The van der Waals surface area contributed by atoms with E-state index in [9.17, 15) is 9.18 Å². The van der Waals surface area contributed by atoms with Gasteiger partial charge in [-0.15, -0.1) is 0 Å². The molecule has 0 unspecified atom stereocenters. The number of aromatic nitrogens is 5. The number of halogens is 2. The Morgan fingerprint density at radius 1 is 0.973 bits per heavy atom. The van der Waals surface area contributed by atoms with Crippen LogP contribution in [0.4, 0.5) is 10.1 Å². The molecule has 0 spiro atoms. The van der Waals surface area contributed by atoms with Crippen LogP contribution >= 0.6 is 11.6 Å². The van der Waals surface area contributed by atoms with Gasteiger partial charge >= 0.3 is 0 Å². The summed E-state index contributed by atoms with van der Waals surface area (Å²) >= 11 is 6.19. The van der Waals surface area contributed by atoms with Crippen LogP contribution in [0.2, 0.25) is 5.02 Å². The van der Waals surface area contributed by atoms with Crippen molar-refractivity contribution in [1.82, 2.24) is 24.5 Å². The summed E-state index contributed by atoms with van der Waals surface area (Å²) in [7, 11) is 0. The maximum Gasteiger partial charge on any atom is 0.246 e. The number of fused-ring (bicyclic) bond motifs is 1. The Hall–Kier alpha value is -4.04. The molecule has 1 N–H and O–H groups in total. The molecule has 0 saturated carbocycles. The molecular weight excluding hydrogens is 491 g/mol. The number of pyridine rings is 1. The standard InChI is InChI=1S/C28H26ClFN6O/c1-16-5-7-20(8-6-16)23-11-12-31-28-26(23)17(2)33-36(28)15-25(37)32-27-18(3)34-35(19(27)4)14-21-9-10-22(30)13-24(21)29/h5-13H,14-15H2,1-4H3,(H,32,37). The van der Waals surface area contributed by atoms with Crippen molar-refractivity contribution in [3.8, 4) is 11.1 Å². The number of anilines is 1. The van der Waals surface area contributed by atoms with Crippen LogP contribution in [0.5, 0.6) is 0 Å².